The van der Waals surface area contributed by atoms with Crippen LogP contribution >= 0.6 is 39.1 Å². The molecule has 0 saturated carbocycles. The van der Waals surface area contributed by atoms with Gasteiger partial charge in [0, 0.05) is 28.5 Å². The van der Waals surface area contributed by atoms with Gasteiger partial charge in [-0.1, -0.05) is 81.6 Å². The van der Waals surface area contributed by atoms with Crippen LogP contribution in [0.2, 0.25) is 10.0 Å². The van der Waals surface area contributed by atoms with Gasteiger partial charge in [0.2, 0.25) is 5.91 Å². The molecule has 35 heavy (non-hydrogen) atoms. The van der Waals surface area contributed by atoms with Crippen molar-refractivity contribution in [2.75, 3.05) is 6.61 Å². The number of carbonyl (C=O) groups excluding carboxylic acids is 2. The van der Waals surface area contributed by atoms with Gasteiger partial charge in [-0.2, -0.15) is 0 Å². The van der Waals surface area contributed by atoms with Gasteiger partial charge in [0.05, 0.1) is 5.02 Å². The van der Waals surface area contributed by atoms with Crippen LogP contribution in [0, 0.1) is 0 Å². The molecule has 3 aromatic carbocycles. The summed E-state index contributed by atoms with van der Waals surface area (Å²) in [6.07, 6.45) is 0.364. The summed E-state index contributed by atoms with van der Waals surface area (Å²) in [5.41, 5.74) is 1.84. The van der Waals surface area contributed by atoms with E-state index in [9.17, 15) is 9.59 Å². The lowest BCUT2D eigenvalue weighted by molar-refractivity contribution is -0.143. The third kappa shape index (κ3) is 8.27. The molecule has 0 bridgehead atoms. The molecule has 0 aromatic heterocycles. The highest BCUT2D eigenvalue weighted by Gasteiger charge is 2.31. The molecule has 0 aliphatic heterocycles. The smallest absolute Gasteiger partial charge is 0.261 e. The topological polar surface area (TPSA) is 58.6 Å². The van der Waals surface area contributed by atoms with Crippen LogP contribution in [0.1, 0.15) is 25.0 Å². The molecule has 0 unspecified atom stereocenters. The Hall–Kier alpha value is -2.54. The molecule has 5 nitrogen and oxygen atoms in total. The lowest BCUT2D eigenvalue weighted by Crippen LogP contribution is -2.52. The van der Waals surface area contributed by atoms with Crippen molar-refractivity contribution in [3.8, 4) is 5.75 Å². The highest BCUT2D eigenvalue weighted by atomic mass is 79.9. The fourth-order valence-electron chi connectivity index (χ4n) is 3.54. The summed E-state index contributed by atoms with van der Waals surface area (Å²) < 4.78 is 6.66. The van der Waals surface area contributed by atoms with Crippen LogP contribution in [0.15, 0.2) is 77.3 Å². The summed E-state index contributed by atoms with van der Waals surface area (Å²) in [5.74, 6) is -0.211. The standard InChI is InChI=1S/C27H27BrCl2N2O3/c1-18(2)31-27(34)24(14-19-6-4-3-5-7-19)32(16-20-8-10-21(28)11-9-20)26(33)17-35-25-13-12-22(29)15-23(25)30/h3-13,15,18,24H,14,16-17H2,1-2H3,(H,31,34)/t24-/m0/s1. The van der Waals surface area contributed by atoms with Gasteiger partial charge >= 0.3 is 0 Å². The highest BCUT2D eigenvalue weighted by molar-refractivity contribution is 9.10. The second-order valence-corrected chi connectivity index (χ2v) is 10.1. The molecule has 8 heteroatoms. The first-order chi connectivity index (χ1) is 16.7. The van der Waals surface area contributed by atoms with E-state index in [-0.39, 0.29) is 31.0 Å². The van der Waals surface area contributed by atoms with E-state index >= 15 is 0 Å². The minimum absolute atomic E-state index is 0.0745. The lowest BCUT2D eigenvalue weighted by atomic mass is 10.0. The van der Waals surface area contributed by atoms with Gasteiger partial charge in [-0.3, -0.25) is 9.59 Å². The quantitative estimate of drug-likeness (QED) is 0.308. The lowest BCUT2D eigenvalue weighted by Gasteiger charge is -2.32. The van der Waals surface area contributed by atoms with Crippen molar-refractivity contribution in [1.82, 2.24) is 10.2 Å². The number of halogens is 3. The predicted molar refractivity (Wildman–Crippen MR) is 144 cm³/mol. The Morgan fingerprint density at radius 2 is 1.66 bits per heavy atom. The first kappa shape index (κ1) is 27.1. The summed E-state index contributed by atoms with van der Waals surface area (Å²) in [4.78, 5) is 28.4. The number of nitrogens with zero attached hydrogens (tertiary/aromatic N) is 1. The zero-order valence-electron chi connectivity index (χ0n) is 19.5. The van der Waals surface area contributed by atoms with Gasteiger partial charge in [-0.05, 0) is 55.3 Å². The molecule has 3 aromatic rings. The first-order valence-electron chi connectivity index (χ1n) is 11.2. The fourth-order valence-corrected chi connectivity index (χ4v) is 4.26. The summed E-state index contributed by atoms with van der Waals surface area (Å²) >= 11 is 15.6. The van der Waals surface area contributed by atoms with Crippen LogP contribution < -0.4 is 10.1 Å². The third-order valence-corrected chi connectivity index (χ3v) is 6.27. The van der Waals surface area contributed by atoms with Gasteiger partial charge < -0.3 is 15.0 Å². The molecular weight excluding hydrogens is 551 g/mol. The van der Waals surface area contributed by atoms with Crippen LogP contribution in [-0.2, 0) is 22.6 Å². The number of nitrogens with one attached hydrogen (secondary N) is 1. The van der Waals surface area contributed by atoms with E-state index in [1.54, 1.807) is 23.1 Å². The van der Waals surface area contributed by atoms with E-state index in [4.69, 9.17) is 27.9 Å². The molecule has 1 atom stereocenters. The molecule has 184 valence electrons. The summed E-state index contributed by atoms with van der Waals surface area (Å²) in [6, 6.07) is 21.3. The summed E-state index contributed by atoms with van der Waals surface area (Å²) in [6.45, 7) is 3.75. The summed E-state index contributed by atoms with van der Waals surface area (Å²) in [7, 11) is 0. The van der Waals surface area contributed by atoms with E-state index in [0.717, 1.165) is 15.6 Å². The van der Waals surface area contributed by atoms with Gasteiger partial charge in [-0.25, -0.2) is 0 Å². The third-order valence-electron chi connectivity index (χ3n) is 5.21. The molecular formula is C27H27BrCl2N2O3. The Bertz CT molecular complexity index is 1140. The normalized spacial score (nSPS) is 11.7. The largest absolute Gasteiger partial charge is 0.482 e. The Morgan fingerprint density at radius 1 is 0.971 bits per heavy atom. The SMILES string of the molecule is CC(C)NC(=O)[C@H](Cc1ccccc1)N(Cc1ccc(Br)cc1)C(=O)COc1ccc(Cl)cc1Cl. The molecule has 0 saturated heterocycles. The Balaban J connectivity index is 1.91. The van der Waals surface area contributed by atoms with Crippen LogP contribution in [0.5, 0.6) is 5.75 Å². The average molecular weight is 578 g/mol. The van der Waals surface area contributed by atoms with Crippen LogP contribution in [0.25, 0.3) is 0 Å². The second kappa shape index (κ2) is 13.0. The van der Waals surface area contributed by atoms with Gasteiger partial charge in [-0.15, -0.1) is 0 Å². The summed E-state index contributed by atoms with van der Waals surface area (Å²) in [5, 5.41) is 3.75. The fraction of sp³-hybridized carbons (Fsp3) is 0.259. The molecule has 0 heterocycles. The molecule has 0 fully saturated rings. The van der Waals surface area contributed by atoms with E-state index in [2.05, 4.69) is 21.2 Å². The number of rotatable bonds is 10. The van der Waals surface area contributed by atoms with Crippen LogP contribution in [0.4, 0.5) is 0 Å². The Morgan fingerprint density at radius 3 is 2.29 bits per heavy atom. The van der Waals surface area contributed by atoms with Crippen molar-refractivity contribution in [3.63, 3.8) is 0 Å². The monoisotopic (exact) mass is 576 g/mol. The van der Waals surface area contributed by atoms with Crippen molar-refractivity contribution in [3.05, 3.63) is 98.4 Å². The Kier molecular flexibility index (Phi) is 10.0. The van der Waals surface area contributed by atoms with Crippen molar-refractivity contribution in [1.29, 1.82) is 0 Å². The average Bonchev–Trinajstić information content (AvgIpc) is 2.82. The van der Waals surface area contributed by atoms with Gasteiger partial charge in [0.15, 0.2) is 6.61 Å². The second-order valence-electron chi connectivity index (χ2n) is 8.38. The number of ether oxygens (including phenoxy) is 1. The van der Waals surface area contributed by atoms with Crippen LogP contribution in [-0.4, -0.2) is 35.4 Å². The molecule has 3 rings (SSSR count). The Labute approximate surface area is 224 Å². The van der Waals surface area contributed by atoms with E-state index in [1.807, 2.05) is 68.4 Å². The number of benzene rings is 3. The zero-order valence-corrected chi connectivity index (χ0v) is 22.6. The number of amides is 2. The molecule has 0 aliphatic rings. The van der Waals surface area contributed by atoms with Gasteiger partial charge in [0.25, 0.3) is 5.91 Å². The van der Waals surface area contributed by atoms with Crippen molar-refractivity contribution in [2.45, 2.75) is 38.9 Å². The van der Waals surface area contributed by atoms with Crippen molar-refractivity contribution < 1.29 is 14.3 Å². The van der Waals surface area contributed by atoms with Crippen molar-refractivity contribution >= 4 is 50.9 Å². The van der Waals surface area contributed by atoms with E-state index in [1.165, 1.54) is 0 Å². The first-order valence-corrected chi connectivity index (χ1v) is 12.7. The predicted octanol–water partition coefficient (Wildman–Crippen LogP) is 6.30. The molecule has 0 aliphatic carbocycles. The maximum Gasteiger partial charge on any atom is 0.261 e. The maximum absolute atomic E-state index is 13.5. The molecule has 2 amide bonds. The molecule has 0 spiro atoms. The number of hydrogen-bond donors (Lipinski definition) is 1. The molecule has 0 radical (unpaired) electrons. The minimum atomic E-state index is -0.736. The number of carbonyl (C=O) groups is 2. The van der Waals surface area contributed by atoms with E-state index in [0.29, 0.717) is 22.2 Å². The molecule has 1 N–H and O–H groups in total. The van der Waals surface area contributed by atoms with Crippen molar-refractivity contribution in [2.24, 2.45) is 0 Å². The highest BCUT2D eigenvalue weighted by Crippen LogP contribution is 2.27. The van der Waals surface area contributed by atoms with Crippen LogP contribution in [0.3, 0.4) is 0 Å². The van der Waals surface area contributed by atoms with Gasteiger partial charge in [0.1, 0.15) is 11.8 Å². The zero-order chi connectivity index (χ0) is 25.4. The minimum Gasteiger partial charge on any atom is -0.482 e. The number of hydrogen-bond acceptors (Lipinski definition) is 3. The van der Waals surface area contributed by atoms with E-state index < -0.39 is 6.04 Å². The maximum atomic E-state index is 13.5.